The van der Waals surface area contributed by atoms with Gasteiger partial charge in [0.05, 0.1) is 6.17 Å². The average molecular weight is 302 g/mol. The second kappa shape index (κ2) is 6.02. The van der Waals surface area contributed by atoms with Crippen molar-refractivity contribution in [1.29, 1.82) is 0 Å². The van der Waals surface area contributed by atoms with Gasteiger partial charge >= 0.3 is 0 Å². The molecule has 1 aromatic heterocycles. The molecule has 1 fully saturated rings. The highest BCUT2D eigenvalue weighted by atomic mass is 32.2. The maximum Gasteiger partial charge on any atom is 0.254 e. The molecule has 1 atom stereocenters. The van der Waals surface area contributed by atoms with Gasteiger partial charge in [0.25, 0.3) is 10.0 Å². The summed E-state index contributed by atoms with van der Waals surface area (Å²) < 4.78 is 26.8. The van der Waals surface area contributed by atoms with Gasteiger partial charge in [-0.15, -0.1) is 11.3 Å². The van der Waals surface area contributed by atoms with Crippen LogP contribution >= 0.6 is 11.3 Å². The number of hydrogen-bond acceptors (Lipinski definition) is 4. The standard InChI is InChI=1S/C12H18N2O3S2/c1-2-11(15)13-10-6-3-4-8-14(10)19(16,17)12-7-5-9-18-12/h5,7,9-10H,2-4,6,8H2,1H3,(H,13,15)/t10-/m0/s1. The minimum atomic E-state index is -3.48. The Labute approximate surface area is 117 Å². The predicted octanol–water partition coefficient (Wildman–Crippen LogP) is 1.77. The third-order valence-electron chi connectivity index (χ3n) is 3.16. The highest BCUT2D eigenvalue weighted by Gasteiger charge is 2.34. The van der Waals surface area contributed by atoms with E-state index in [0.717, 1.165) is 12.8 Å². The zero-order chi connectivity index (χ0) is 13.9. The quantitative estimate of drug-likeness (QED) is 0.922. The van der Waals surface area contributed by atoms with Gasteiger partial charge in [-0.25, -0.2) is 8.42 Å². The molecule has 1 saturated heterocycles. The van der Waals surface area contributed by atoms with Crippen LogP contribution in [0, 0.1) is 0 Å². The molecule has 0 radical (unpaired) electrons. The monoisotopic (exact) mass is 302 g/mol. The fourth-order valence-electron chi connectivity index (χ4n) is 2.15. The number of carbonyl (C=O) groups excluding carboxylic acids is 1. The Hall–Kier alpha value is -0.920. The number of piperidine rings is 1. The maximum atomic E-state index is 12.5. The zero-order valence-corrected chi connectivity index (χ0v) is 12.5. The molecule has 1 aromatic rings. The lowest BCUT2D eigenvalue weighted by atomic mass is 10.1. The predicted molar refractivity (Wildman–Crippen MR) is 74.3 cm³/mol. The summed E-state index contributed by atoms with van der Waals surface area (Å²) in [5, 5.41) is 4.55. The smallest absolute Gasteiger partial charge is 0.254 e. The molecule has 7 heteroatoms. The lowest BCUT2D eigenvalue weighted by Gasteiger charge is -2.34. The minimum Gasteiger partial charge on any atom is -0.340 e. The molecule has 0 aliphatic carbocycles. The highest BCUT2D eigenvalue weighted by Crippen LogP contribution is 2.26. The van der Waals surface area contributed by atoms with Crippen LogP contribution in [-0.2, 0) is 14.8 Å². The third-order valence-corrected chi connectivity index (χ3v) is 6.44. The number of nitrogens with zero attached hydrogens (tertiary/aromatic N) is 1. The van der Waals surface area contributed by atoms with Crippen molar-refractivity contribution < 1.29 is 13.2 Å². The van der Waals surface area contributed by atoms with E-state index in [1.54, 1.807) is 24.4 Å². The first-order chi connectivity index (χ1) is 9.05. The molecule has 106 valence electrons. The fraction of sp³-hybridized carbons (Fsp3) is 0.583. The van der Waals surface area contributed by atoms with Crippen LogP contribution in [0.1, 0.15) is 32.6 Å². The Morgan fingerprint density at radius 3 is 2.95 bits per heavy atom. The Balaban J connectivity index is 2.22. The minimum absolute atomic E-state index is 0.113. The summed E-state index contributed by atoms with van der Waals surface area (Å²) in [5.74, 6) is -0.113. The van der Waals surface area contributed by atoms with Gasteiger partial charge in [-0.3, -0.25) is 4.79 Å². The van der Waals surface area contributed by atoms with Crippen molar-refractivity contribution in [3.05, 3.63) is 17.5 Å². The Morgan fingerprint density at radius 1 is 1.53 bits per heavy atom. The molecule has 1 amide bonds. The van der Waals surface area contributed by atoms with E-state index in [4.69, 9.17) is 0 Å². The van der Waals surface area contributed by atoms with Crippen LogP contribution in [0.5, 0.6) is 0 Å². The van der Waals surface area contributed by atoms with E-state index in [9.17, 15) is 13.2 Å². The van der Waals surface area contributed by atoms with Crippen LogP contribution in [0.15, 0.2) is 21.7 Å². The largest absolute Gasteiger partial charge is 0.340 e. The fourth-order valence-corrected chi connectivity index (χ4v) is 4.88. The summed E-state index contributed by atoms with van der Waals surface area (Å²) in [5.41, 5.74) is 0. The lowest BCUT2D eigenvalue weighted by molar-refractivity contribution is -0.122. The first-order valence-corrected chi connectivity index (χ1v) is 8.72. The lowest BCUT2D eigenvalue weighted by Crippen LogP contribution is -2.52. The number of hydrogen-bond donors (Lipinski definition) is 1. The maximum absolute atomic E-state index is 12.5. The second-order valence-electron chi connectivity index (χ2n) is 4.48. The number of carbonyl (C=O) groups is 1. The van der Waals surface area contributed by atoms with Crippen molar-refractivity contribution in [2.75, 3.05) is 6.54 Å². The van der Waals surface area contributed by atoms with Crippen molar-refractivity contribution in [3.8, 4) is 0 Å². The number of amides is 1. The van der Waals surface area contributed by atoms with Crippen molar-refractivity contribution in [1.82, 2.24) is 9.62 Å². The molecule has 0 saturated carbocycles. The summed E-state index contributed by atoms with van der Waals surface area (Å²) in [7, 11) is -3.48. The van der Waals surface area contributed by atoms with Gasteiger partial charge in [0.15, 0.2) is 0 Å². The summed E-state index contributed by atoms with van der Waals surface area (Å²) in [6.45, 7) is 2.23. The van der Waals surface area contributed by atoms with Crippen LogP contribution < -0.4 is 5.32 Å². The van der Waals surface area contributed by atoms with Crippen LogP contribution in [0.3, 0.4) is 0 Å². The van der Waals surface area contributed by atoms with Crippen molar-refractivity contribution in [3.63, 3.8) is 0 Å². The van der Waals surface area contributed by atoms with Gasteiger partial charge in [0.1, 0.15) is 4.21 Å². The molecule has 0 bridgehead atoms. The SMILES string of the molecule is CCC(=O)N[C@@H]1CCCCN1S(=O)(=O)c1cccs1. The molecule has 2 rings (SSSR count). The van der Waals surface area contributed by atoms with Crippen LogP contribution in [0.4, 0.5) is 0 Å². The molecule has 19 heavy (non-hydrogen) atoms. The Kier molecular flexibility index (Phi) is 4.59. The summed E-state index contributed by atoms with van der Waals surface area (Å²) in [6, 6.07) is 3.33. The van der Waals surface area contributed by atoms with Gasteiger partial charge < -0.3 is 5.32 Å². The zero-order valence-electron chi connectivity index (χ0n) is 10.8. The second-order valence-corrected chi connectivity index (χ2v) is 7.55. The van der Waals surface area contributed by atoms with E-state index in [2.05, 4.69) is 5.32 Å². The highest BCUT2D eigenvalue weighted by molar-refractivity contribution is 7.91. The molecule has 1 N–H and O–H groups in total. The number of sulfonamides is 1. The van der Waals surface area contributed by atoms with Crippen molar-refractivity contribution in [2.24, 2.45) is 0 Å². The van der Waals surface area contributed by atoms with Crippen molar-refractivity contribution >= 4 is 27.3 Å². The van der Waals surface area contributed by atoms with Gasteiger partial charge in [-0.05, 0) is 30.7 Å². The van der Waals surface area contributed by atoms with E-state index >= 15 is 0 Å². The van der Waals surface area contributed by atoms with E-state index in [1.807, 2.05) is 0 Å². The molecular formula is C12H18N2O3S2. The van der Waals surface area contributed by atoms with Crippen LogP contribution in [0.25, 0.3) is 0 Å². The molecule has 1 aliphatic heterocycles. The van der Waals surface area contributed by atoms with Gasteiger partial charge in [-0.1, -0.05) is 13.0 Å². The summed E-state index contributed by atoms with van der Waals surface area (Å²) in [4.78, 5) is 11.5. The normalized spacial score (nSPS) is 21.2. The average Bonchev–Trinajstić information content (AvgIpc) is 2.93. The van der Waals surface area contributed by atoms with Gasteiger partial charge in [-0.2, -0.15) is 4.31 Å². The number of nitrogens with one attached hydrogen (secondary N) is 1. The molecule has 0 unspecified atom stereocenters. The third kappa shape index (κ3) is 3.16. The molecule has 0 spiro atoms. The van der Waals surface area contributed by atoms with E-state index in [0.29, 0.717) is 23.6 Å². The first-order valence-electron chi connectivity index (χ1n) is 6.40. The molecule has 2 heterocycles. The van der Waals surface area contributed by atoms with Crippen LogP contribution in [-0.4, -0.2) is 31.3 Å². The topological polar surface area (TPSA) is 66.5 Å². The van der Waals surface area contributed by atoms with Crippen LogP contribution in [0.2, 0.25) is 0 Å². The number of thiophene rings is 1. The number of rotatable bonds is 4. The molecule has 0 aromatic carbocycles. The molecule has 1 aliphatic rings. The van der Waals surface area contributed by atoms with E-state index < -0.39 is 16.2 Å². The Morgan fingerprint density at radius 2 is 2.32 bits per heavy atom. The van der Waals surface area contributed by atoms with Gasteiger partial charge in [0.2, 0.25) is 5.91 Å². The van der Waals surface area contributed by atoms with E-state index in [1.165, 1.54) is 15.6 Å². The Bertz CT molecular complexity index is 525. The molecular weight excluding hydrogens is 284 g/mol. The summed E-state index contributed by atoms with van der Waals surface area (Å²) in [6.07, 6.45) is 2.40. The van der Waals surface area contributed by atoms with Gasteiger partial charge in [0, 0.05) is 13.0 Å². The van der Waals surface area contributed by atoms with E-state index in [-0.39, 0.29) is 5.91 Å². The molecule has 5 nitrogen and oxygen atoms in total. The van der Waals surface area contributed by atoms with Crippen molar-refractivity contribution in [2.45, 2.75) is 43.0 Å². The summed E-state index contributed by atoms with van der Waals surface area (Å²) >= 11 is 1.21. The first kappa shape index (κ1) is 14.5.